The van der Waals surface area contributed by atoms with Crippen LogP contribution in [0, 0.1) is 5.41 Å². The molecule has 0 aromatic rings. The van der Waals surface area contributed by atoms with Crippen LogP contribution in [0.25, 0.3) is 0 Å². The number of hydrogen-bond acceptors (Lipinski definition) is 4. The smallest absolute Gasteiger partial charge is 0.181 e. The third-order valence-electron chi connectivity index (χ3n) is 6.19. The van der Waals surface area contributed by atoms with Gasteiger partial charge >= 0.3 is 0 Å². The molecule has 2 heterocycles. The predicted molar refractivity (Wildman–Crippen MR) is 98.5 cm³/mol. The lowest BCUT2D eigenvalue weighted by Gasteiger charge is -2.52. The second-order valence-corrected chi connectivity index (χ2v) is 9.23. The molecule has 0 spiro atoms. The number of nitrogens with zero attached hydrogens (tertiary/aromatic N) is 2. The lowest BCUT2D eigenvalue weighted by molar-refractivity contribution is -0.0772. The molecule has 0 radical (unpaired) electrons. The molecule has 0 saturated carbocycles. The van der Waals surface area contributed by atoms with Crippen LogP contribution >= 0.6 is 0 Å². The third-order valence-corrected chi connectivity index (χ3v) is 6.19. The fraction of sp³-hybridized carbons (Fsp3) is 0.895. The molecule has 4 nitrogen and oxygen atoms in total. The highest BCUT2D eigenvalue weighted by molar-refractivity contribution is 5.76. The topological polar surface area (TPSA) is 43.2 Å². The standard InChI is InChI=1S/C11H21NO.C8H15NO/c1-8-12-10(4,5)9(2,3)11(6,7)13-8;1-6-9-7(2,3)8(4,5)10-6/h1-7H3;1-5H3. The van der Waals surface area contributed by atoms with Crippen molar-refractivity contribution >= 4 is 11.8 Å². The molecular formula is C19H36N2O2. The number of aliphatic imine (C=N–C) groups is 2. The highest BCUT2D eigenvalue weighted by Crippen LogP contribution is 2.47. The molecular weight excluding hydrogens is 288 g/mol. The van der Waals surface area contributed by atoms with Crippen molar-refractivity contribution in [1.29, 1.82) is 0 Å². The van der Waals surface area contributed by atoms with Gasteiger partial charge in [0.25, 0.3) is 0 Å². The van der Waals surface area contributed by atoms with E-state index in [1.165, 1.54) is 0 Å². The maximum Gasteiger partial charge on any atom is 0.181 e. The van der Waals surface area contributed by atoms with Crippen LogP contribution in [-0.4, -0.2) is 34.1 Å². The fourth-order valence-electron chi connectivity index (χ4n) is 2.83. The number of rotatable bonds is 0. The molecule has 0 amide bonds. The monoisotopic (exact) mass is 324 g/mol. The Kier molecular flexibility index (Phi) is 4.77. The van der Waals surface area contributed by atoms with Gasteiger partial charge in [0, 0.05) is 19.3 Å². The average molecular weight is 325 g/mol. The lowest BCUT2D eigenvalue weighted by Crippen LogP contribution is -2.57. The van der Waals surface area contributed by atoms with Gasteiger partial charge in [-0.25, -0.2) is 9.98 Å². The predicted octanol–water partition coefficient (Wildman–Crippen LogP) is 5.01. The summed E-state index contributed by atoms with van der Waals surface area (Å²) in [5, 5.41) is 0. The minimum atomic E-state index is -0.150. The minimum Gasteiger partial charge on any atom is -0.475 e. The Morgan fingerprint density at radius 3 is 1.13 bits per heavy atom. The number of ether oxygens (including phenoxy) is 2. The maximum absolute atomic E-state index is 5.77. The van der Waals surface area contributed by atoms with Crippen molar-refractivity contribution in [3.63, 3.8) is 0 Å². The van der Waals surface area contributed by atoms with Crippen LogP contribution in [0.4, 0.5) is 0 Å². The van der Waals surface area contributed by atoms with Gasteiger partial charge in [-0.2, -0.15) is 0 Å². The molecule has 0 aromatic heterocycles. The Morgan fingerprint density at radius 2 is 0.913 bits per heavy atom. The fourth-order valence-corrected chi connectivity index (χ4v) is 2.83. The van der Waals surface area contributed by atoms with Crippen molar-refractivity contribution in [1.82, 2.24) is 0 Å². The molecule has 0 aromatic carbocycles. The van der Waals surface area contributed by atoms with Crippen molar-refractivity contribution in [3.05, 3.63) is 0 Å². The van der Waals surface area contributed by atoms with E-state index >= 15 is 0 Å². The van der Waals surface area contributed by atoms with Crippen LogP contribution < -0.4 is 0 Å². The minimum absolute atomic E-state index is 0.0412. The first-order valence-corrected chi connectivity index (χ1v) is 8.46. The third kappa shape index (κ3) is 3.56. The van der Waals surface area contributed by atoms with E-state index in [1.54, 1.807) is 0 Å². The largest absolute Gasteiger partial charge is 0.475 e. The zero-order valence-corrected chi connectivity index (χ0v) is 17.2. The van der Waals surface area contributed by atoms with Gasteiger partial charge in [0.2, 0.25) is 0 Å². The summed E-state index contributed by atoms with van der Waals surface area (Å²) in [6, 6.07) is 0. The molecule has 4 heteroatoms. The van der Waals surface area contributed by atoms with E-state index in [4.69, 9.17) is 9.47 Å². The maximum atomic E-state index is 5.77. The van der Waals surface area contributed by atoms with Gasteiger partial charge in [-0.3, -0.25) is 0 Å². The van der Waals surface area contributed by atoms with Crippen LogP contribution in [0.3, 0.4) is 0 Å². The molecule has 0 N–H and O–H groups in total. The van der Waals surface area contributed by atoms with E-state index in [9.17, 15) is 0 Å². The second kappa shape index (κ2) is 5.49. The Bertz CT molecular complexity index is 523. The van der Waals surface area contributed by atoms with Crippen molar-refractivity contribution < 1.29 is 9.47 Å². The van der Waals surface area contributed by atoms with Crippen molar-refractivity contribution in [2.24, 2.45) is 15.4 Å². The van der Waals surface area contributed by atoms with Crippen molar-refractivity contribution in [2.45, 2.75) is 105 Å². The summed E-state index contributed by atoms with van der Waals surface area (Å²) in [5.41, 5.74) is -0.380. The highest BCUT2D eigenvalue weighted by Gasteiger charge is 2.52. The molecule has 2 aliphatic rings. The summed E-state index contributed by atoms with van der Waals surface area (Å²) in [7, 11) is 0. The first-order chi connectivity index (χ1) is 9.95. The first-order valence-electron chi connectivity index (χ1n) is 8.46. The molecule has 0 saturated heterocycles. The van der Waals surface area contributed by atoms with E-state index in [0.29, 0.717) is 0 Å². The van der Waals surface area contributed by atoms with Crippen LogP contribution in [0.15, 0.2) is 9.98 Å². The zero-order chi connectivity index (χ0) is 18.5. The van der Waals surface area contributed by atoms with E-state index in [0.717, 1.165) is 11.8 Å². The summed E-state index contributed by atoms with van der Waals surface area (Å²) in [4.78, 5) is 8.93. The van der Waals surface area contributed by atoms with Crippen molar-refractivity contribution in [3.8, 4) is 0 Å². The SMILES string of the molecule is CC1=NC(C)(C)C(C)(C)C(C)(C)O1.CC1=NC(C)(C)C(C)(C)O1. The van der Waals surface area contributed by atoms with E-state index in [2.05, 4.69) is 79.2 Å². The summed E-state index contributed by atoms with van der Waals surface area (Å²) in [6.45, 7) is 25.1. The Balaban J connectivity index is 0.000000238. The zero-order valence-electron chi connectivity index (χ0n) is 17.2. The summed E-state index contributed by atoms with van der Waals surface area (Å²) in [6.07, 6.45) is 0. The molecule has 0 atom stereocenters. The van der Waals surface area contributed by atoms with Crippen LogP contribution in [-0.2, 0) is 9.47 Å². The molecule has 134 valence electrons. The second-order valence-electron chi connectivity index (χ2n) is 9.23. The number of hydrogen-bond donors (Lipinski definition) is 0. The van der Waals surface area contributed by atoms with Crippen LogP contribution in [0.5, 0.6) is 0 Å². The van der Waals surface area contributed by atoms with Gasteiger partial charge < -0.3 is 9.47 Å². The molecule has 2 rings (SSSR count). The average Bonchev–Trinajstić information content (AvgIpc) is 2.41. The highest BCUT2D eigenvalue weighted by atomic mass is 16.5. The summed E-state index contributed by atoms with van der Waals surface area (Å²) < 4.78 is 11.3. The normalized spacial score (nSPS) is 28.3. The Hall–Kier alpha value is -1.06. The molecule has 0 fully saturated rings. The summed E-state index contributed by atoms with van der Waals surface area (Å²) in [5.74, 6) is 1.60. The van der Waals surface area contributed by atoms with E-state index in [1.807, 2.05) is 13.8 Å². The van der Waals surface area contributed by atoms with Gasteiger partial charge in [-0.05, 0) is 55.4 Å². The molecule has 23 heavy (non-hydrogen) atoms. The van der Waals surface area contributed by atoms with Gasteiger partial charge in [0.05, 0.1) is 11.1 Å². The first kappa shape index (κ1) is 20.0. The lowest BCUT2D eigenvalue weighted by atomic mass is 9.64. The Morgan fingerprint density at radius 1 is 0.565 bits per heavy atom. The van der Waals surface area contributed by atoms with E-state index in [-0.39, 0.29) is 27.7 Å². The van der Waals surface area contributed by atoms with Gasteiger partial charge in [-0.15, -0.1) is 0 Å². The quantitative estimate of drug-likeness (QED) is 0.628. The molecule has 0 unspecified atom stereocenters. The van der Waals surface area contributed by atoms with Crippen LogP contribution in [0.1, 0.15) is 83.1 Å². The Labute approximate surface area is 142 Å². The van der Waals surface area contributed by atoms with Crippen LogP contribution in [0.2, 0.25) is 0 Å². The molecule has 0 bridgehead atoms. The van der Waals surface area contributed by atoms with Crippen molar-refractivity contribution in [2.75, 3.05) is 0 Å². The summed E-state index contributed by atoms with van der Waals surface area (Å²) >= 11 is 0. The molecule has 2 aliphatic heterocycles. The van der Waals surface area contributed by atoms with Gasteiger partial charge in [0.1, 0.15) is 11.2 Å². The molecule has 0 aliphatic carbocycles. The van der Waals surface area contributed by atoms with Gasteiger partial charge in [0.15, 0.2) is 11.8 Å². The van der Waals surface area contributed by atoms with E-state index < -0.39 is 0 Å². The van der Waals surface area contributed by atoms with Gasteiger partial charge in [-0.1, -0.05) is 13.8 Å².